The van der Waals surface area contributed by atoms with Crippen LogP contribution < -0.4 is 10.5 Å². The van der Waals surface area contributed by atoms with Crippen molar-refractivity contribution in [2.45, 2.75) is 37.4 Å². The molecule has 2 unspecified atom stereocenters. The van der Waals surface area contributed by atoms with Gasteiger partial charge in [-0.25, -0.2) is 0 Å². The average Bonchev–Trinajstić information content (AvgIpc) is 2.83. The maximum Gasteiger partial charge on any atom is 0.494 e. The number of nitrogens with two attached hydrogens (primary N) is 1. The topological polar surface area (TPSA) is 81.8 Å². The first-order valence-corrected chi connectivity index (χ1v) is 11.7. The summed E-state index contributed by atoms with van der Waals surface area (Å²) >= 11 is 0. The van der Waals surface area contributed by atoms with Gasteiger partial charge in [0.2, 0.25) is 0 Å². The minimum absolute atomic E-state index is 0.152. The molecule has 9 heteroatoms. The van der Waals surface area contributed by atoms with Crippen molar-refractivity contribution in [1.82, 2.24) is 0 Å². The van der Waals surface area contributed by atoms with Crippen LogP contribution in [0.5, 0.6) is 5.75 Å². The van der Waals surface area contributed by atoms with Gasteiger partial charge in [0, 0.05) is 0 Å². The molecule has 0 saturated heterocycles. The molecule has 2 atom stereocenters. The van der Waals surface area contributed by atoms with Crippen molar-refractivity contribution in [2.75, 3.05) is 19.8 Å². The van der Waals surface area contributed by atoms with E-state index in [1.807, 2.05) is 36.4 Å². The molecular formula is C25H28F3NO4P+. The smallest absolute Gasteiger partial charge is 0.493 e. The lowest BCUT2D eigenvalue weighted by molar-refractivity contribution is -0.139. The molecule has 0 bridgehead atoms. The zero-order valence-electron chi connectivity index (χ0n) is 18.6. The van der Waals surface area contributed by atoms with Crippen molar-refractivity contribution in [2.24, 2.45) is 5.73 Å². The number of aryl methyl sites for hydroxylation is 2. The van der Waals surface area contributed by atoms with Crippen LogP contribution in [0.3, 0.4) is 0 Å². The van der Waals surface area contributed by atoms with Gasteiger partial charge in [0.25, 0.3) is 0 Å². The summed E-state index contributed by atoms with van der Waals surface area (Å²) < 4.78 is 61.8. The van der Waals surface area contributed by atoms with E-state index in [2.05, 4.69) is 6.07 Å². The van der Waals surface area contributed by atoms with E-state index in [1.54, 1.807) is 6.07 Å². The lowest BCUT2D eigenvalue weighted by atomic mass is 9.93. The van der Waals surface area contributed by atoms with Crippen LogP contribution in [0.4, 0.5) is 13.2 Å². The second-order valence-corrected chi connectivity index (χ2v) is 8.81. The third-order valence-corrected chi connectivity index (χ3v) is 5.94. The molecule has 3 rings (SSSR count). The second-order valence-electron chi connectivity index (χ2n) is 8.35. The molecule has 0 aliphatic rings. The predicted molar refractivity (Wildman–Crippen MR) is 126 cm³/mol. The number of alkyl halides is 3. The summed E-state index contributed by atoms with van der Waals surface area (Å²) in [5.41, 5.74) is 5.46. The molecule has 3 N–H and O–H groups in total. The number of ether oxygens (including phenoxy) is 1. The summed E-state index contributed by atoms with van der Waals surface area (Å²) in [6, 6.07) is 18.1. The monoisotopic (exact) mass is 494 g/mol. The average molecular weight is 494 g/mol. The largest absolute Gasteiger partial charge is 0.494 e. The molecule has 0 radical (unpaired) electrons. The number of aliphatic hydroxyl groups is 1. The first-order valence-electron chi connectivity index (χ1n) is 10.9. The van der Waals surface area contributed by atoms with Gasteiger partial charge in [0.1, 0.15) is 12.4 Å². The Kier molecular flexibility index (Phi) is 9.03. The van der Waals surface area contributed by atoms with Crippen LogP contribution >= 0.6 is 8.69 Å². The summed E-state index contributed by atoms with van der Waals surface area (Å²) in [4.78, 5) is 0. The normalized spacial score (nSPS) is 13.8. The van der Waals surface area contributed by atoms with Gasteiger partial charge in [-0.2, -0.15) is 13.2 Å². The minimum Gasteiger partial charge on any atom is -0.493 e. The molecule has 3 aromatic rings. The molecule has 0 amide bonds. The highest BCUT2D eigenvalue weighted by Crippen LogP contribution is 2.37. The number of hydrogen-bond donors (Lipinski definition) is 2. The van der Waals surface area contributed by atoms with E-state index in [-0.39, 0.29) is 31.8 Å². The lowest BCUT2D eigenvalue weighted by Crippen LogP contribution is -2.47. The zero-order valence-corrected chi connectivity index (χ0v) is 19.6. The van der Waals surface area contributed by atoms with Crippen LogP contribution in [0.25, 0.3) is 10.8 Å². The van der Waals surface area contributed by atoms with Crippen molar-refractivity contribution in [3.05, 3.63) is 77.4 Å². The summed E-state index contributed by atoms with van der Waals surface area (Å²) in [6.45, 7) is -0.447. The van der Waals surface area contributed by atoms with Gasteiger partial charge in [-0.05, 0) is 64.3 Å². The quantitative estimate of drug-likeness (QED) is 0.259. The Hall–Kier alpha value is -2.51. The predicted octanol–water partition coefficient (Wildman–Crippen LogP) is 5.45. The van der Waals surface area contributed by atoms with Gasteiger partial charge in [0.15, 0.2) is 0 Å². The molecule has 0 aromatic heterocycles. The highest BCUT2D eigenvalue weighted by atomic mass is 31.1. The van der Waals surface area contributed by atoms with Crippen molar-refractivity contribution >= 4 is 19.5 Å². The highest BCUT2D eigenvalue weighted by molar-refractivity contribution is 7.17. The summed E-state index contributed by atoms with van der Waals surface area (Å²) in [6.07, 6.45) is -2.96. The van der Waals surface area contributed by atoms with Gasteiger partial charge in [-0.3, -0.25) is 0 Å². The summed E-state index contributed by atoms with van der Waals surface area (Å²) in [5, 5.41) is 11.7. The van der Waals surface area contributed by atoms with Crippen LogP contribution in [0, 0.1) is 0 Å². The molecule has 0 saturated carbocycles. The van der Waals surface area contributed by atoms with E-state index in [1.165, 1.54) is 6.07 Å². The molecule has 182 valence electrons. The van der Waals surface area contributed by atoms with E-state index < -0.39 is 32.6 Å². The van der Waals surface area contributed by atoms with Crippen LogP contribution in [-0.2, 0) is 28.1 Å². The fraction of sp³-hybridized carbons (Fsp3) is 0.360. The van der Waals surface area contributed by atoms with Gasteiger partial charge in [0.05, 0.1) is 24.3 Å². The van der Waals surface area contributed by atoms with E-state index in [9.17, 15) is 22.8 Å². The van der Waals surface area contributed by atoms with Gasteiger partial charge < -0.3 is 15.6 Å². The van der Waals surface area contributed by atoms with Gasteiger partial charge in [-0.15, -0.1) is 4.52 Å². The number of rotatable bonds is 12. The molecule has 0 aliphatic carbocycles. The fourth-order valence-electron chi connectivity index (χ4n) is 3.70. The summed E-state index contributed by atoms with van der Waals surface area (Å²) in [7, 11) is -1.03. The van der Waals surface area contributed by atoms with Crippen molar-refractivity contribution in [3.8, 4) is 5.75 Å². The van der Waals surface area contributed by atoms with Gasteiger partial charge >= 0.3 is 14.9 Å². The molecule has 0 spiro atoms. The molecule has 0 fully saturated rings. The van der Waals surface area contributed by atoms with Crippen molar-refractivity contribution < 1.29 is 32.1 Å². The number of aliphatic hydroxyl groups excluding tert-OH is 1. The molecule has 0 aliphatic heterocycles. The zero-order chi connectivity index (χ0) is 24.6. The Bertz CT molecular complexity index is 1110. The number of fused-ring (bicyclic) bond motifs is 1. The highest BCUT2D eigenvalue weighted by Gasteiger charge is 2.35. The summed E-state index contributed by atoms with van der Waals surface area (Å²) in [5.74, 6) is -0.216. The van der Waals surface area contributed by atoms with E-state index in [0.717, 1.165) is 22.4 Å². The Labute approximate surface area is 198 Å². The lowest BCUT2D eigenvalue weighted by Gasteiger charge is -2.24. The molecular weight excluding hydrogens is 466 g/mol. The SMILES string of the molecule is NC(CO)(CCc1ccc(OCCCc2ccc3ccccc3c2)c(C(F)(F)F)c1)CO[PH+]=O. The van der Waals surface area contributed by atoms with Crippen molar-refractivity contribution in [3.63, 3.8) is 0 Å². The third kappa shape index (κ3) is 7.24. The van der Waals surface area contributed by atoms with Crippen LogP contribution in [0.2, 0.25) is 0 Å². The Morgan fingerprint density at radius 1 is 0.941 bits per heavy atom. The van der Waals surface area contributed by atoms with Crippen LogP contribution in [-0.4, -0.2) is 30.5 Å². The Balaban J connectivity index is 1.61. The number of hydrogen-bond acceptors (Lipinski definition) is 5. The minimum atomic E-state index is -4.58. The van der Waals surface area contributed by atoms with Gasteiger partial charge in [-0.1, -0.05) is 48.5 Å². The molecule has 34 heavy (non-hydrogen) atoms. The Morgan fingerprint density at radius 2 is 1.65 bits per heavy atom. The Morgan fingerprint density at radius 3 is 2.35 bits per heavy atom. The maximum absolute atomic E-state index is 13.7. The van der Waals surface area contributed by atoms with E-state index >= 15 is 0 Å². The fourth-order valence-corrected chi connectivity index (χ4v) is 4.04. The maximum atomic E-state index is 13.7. The number of benzene rings is 3. The van der Waals surface area contributed by atoms with Crippen LogP contribution in [0.1, 0.15) is 29.5 Å². The van der Waals surface area contributed by atoms with Crippen LogP contribution in [0.15, 0.2) is 60.7 Å². The standard InChI is InChI=1S/C25H28F3NO4P/c26-25(27,28)22-15-19(11-12-24(29,16-30)17-33-34-31)8-10-23(22)32-13-3-4-18-7-9-20-5-1-2-6-21(20)14-18/h1-2,5-10,14-15,30,34H,3-4,11-13,16-17,29H2/q+1. The van der Waals surface area contributed by atoms with Crippen molar-refractivity contribution in [1.29, 1.82) is 0 Å². The van der Waals surface area contributed by atoms with E-state index in [0.29, 0.717) is 18.4 Å². The van der Waals surface area contributed by atoms with E-state index in [4.69, 9.17) is 15.0 Å². The number of halogens is 3. The third-order valence-electron chi connectivity index (χ3n) is 5.68. The first kappa shape index (κ1) is 26.1. The molecule has 5 nitrogen and oxygen atoms in total. The molecule has 0 heterocycles. The first-order chi connectivity index (χ1) is 16.2. The molecule has 3 aromatic carbocycles. The second kappa shape index (κ2) is 11.8.